The van der Waals surface area contributed by atoms with Gasteiger partial charge in [0.1, 0.15) is 30.0 Å². The van der Waals surface area contributed by atoms with Gasteiger partial charge >= 0.3 is 0 Å². The second-order valence-electron chi connectivity index (χ2n) is 4.73. The lowest BCUT2D eigenvalue weighted by Gasteiger charge is -2.30. The van der Waals surface area contributed by atoms with Crippen LogP contribution in [0.15, 0.2) is 11.1 Å². The summed E-state index contributed by atoms with van der Waals surface area (Å²) in [5.74, 6) is 0. The zero-order valence-corrected chi connectivity index (χ0v) is 9.64. The highest BCUT2D eigenvalue weighted by Gasteiger charge is 2.58. The topological polar surface area (TPSA) is 69.3 Å². The van der Waals surface area contributed by atoms with E-state index < -0.39 is 5.72 Å². The third-order valence-electron chi connectivity index (χ3n) is 3.95. The average Bonchev–Trinajstić information content (AvgIpc) is 2.82. The van der Waals surface area contributed by atoms with E-state index in [1.807, 2.05) is 19.1 Å². The highest BCUT2D eigenvalue weighted by molar-refractivity contribution is 5.44. The van der Waals surface area contributed by atoms with E-state index >= 15 is 0 Å². The predicted octanol–water partition coefficient (Wildman–Crippen LogP) is 0.897. The Morgan fingerprint density at radius 2 is 2.24 bits per heavy atom. The van der Waals surface area contributed by atoms with Crippen molar-refractivity contribution in [3.05, 3.63) is 11.1 Å². The summed E-state index contributed by atoms with van der Waals surface area (Å²) in [6.45, 7) is 3.54. The lowest BCUT2D eigenvalue weighted by Crippen LogP contribution is -2.45. The molecule has 3 aliphatic rings. The highest BCUT2D eigenvalue weighted by Crippen LogP contribution is 2.47. The molecule has 2 bridgehead atoms. The maximum absolute atomic E-state index is 8.99. The Morgan fingerprint density at radius 3 is 2.94 bits per heavy atom. The van der Waals surface area contributed by atoms with Crippen molar-refractivity contribution in [2.75, 3.05) is 13.2 Å². The summed E-state index contributed by atoms with van der Waals surface area (Å²) in [6, 6.07) is 3.93. The molecule has 3 rings (SSSR count). The molecule has 88 valence electrons. The Hall–Kier alpha value is -1.40. The lowest BCUT2D eigenvalue weighted by atomic mass is 9.93. The molecule has 0 spiro atoms. The van der Waals surface area contributed by atoms with Crippen LogP contribution < -0.4 is 0 Å². The Kier molecular flexibility index (Phi) is 2.24. The predicted molar refractivity (Wildman–Crippen MR) is 57.2 cm³/mol. The second-order valence-corrected chi connectivity index (χ2v) is 4.73. The van der Waals surface area contributed by atoms with Crippen molar-refractivity contribution in [2.45, 2.75) is 37.8 Å². The molecule has 0 N–H and O–H groups in total. The molecule has 17 heavy (non-hydrogen) atoms. The van der Waals surface area contributed by atoms with E-state index in [-0.39, 0.29) is 17.9 Å². The summed E-state index contributed by atoms with van der Waals surface area (Å²) < 4.78 is 11.7. The molecule has 0 amide bonds. The minimum Gasteiger partial charge on any atom is -0.356 e. The van der Waals surface area contributed by atoms with Crippen LogP contribution in [0.4, 0.5) is 0 Å². The van der Waals surface area contributed by atoms with E-state index in [0.29, 0.717) is 6.61 Å². The summed E-state index contributed by atoms with van der Waals surface area (Å²) in [5, 5.41) is 18.0. The van der Waals surface area contributed by atoms with E-state index in [0.717, 1.165) is 25.0 Å². The van der Waals surface area contributed by atoms with E-state index in [1.54, 1.807) is 0 Å². The van der Waals surface area contributed by atoms with Gasteiger partial charge in [0.15, 0.2) is 5.72 Å². The molecule has 0 aromatic heterocycles. The first kappa shape index (κ1) is 10.7. The molecule has 3 atom stereocenters. The Bertz CT molecular complexity index is 457. The van der Waals surface area contributed by atoms with E-state index in [4.69, 9.17) is 20.0 Å². The molecular weight excluding hydrogens is 218 g/mol. The van der Waals surface area contributed by atoms with Crippen molar-refractivity contribution < 1.29 is 9.47 Å². The maximum Gasteiger partial charge on any atom is 0.151 e. The number of nitriles is 2. The molecular formula is C12H13N3O2. The molecule has 0 aromatic carbocycles. The summed E-state index contributed by atoms with van der Waals surface area (Å²) >= 11 is 0. The first-order valence-electron chi connectivity index (χ1n) is 5.80. The number of allylic oxidation sites excluding steroid dienone is 1. The van der Waals surface area contributed by atoms with E-state index in [2.05, 4.69) is 4.90 Å². The molecule has 0 aromatic rings. The molecule has 0 aliphatic carbocycles. The quantitative estimate of drug-likeness (QED) is 0.579. The molecule has 5 heteroatoms. The Morgan fingerprint density at radius 1 is 1.47 bits per heavy atom. The van der Waals surface area contributed by atoms with Crippen LogP contribution in [0, 0.1) is 22.7 Å². The van der Waals surface area contributed by atoms with Crippen LogP contribution in [0.25, 0.3) is 0 Å². The monoisotopic (exact) mass is 231 g/mol. The summed E-state index contributed by atoms with van der Waals surface area (Å²) in [6.07, 6.45) is 1.40. The first-order chi connectivity index (χ1) is 8.20. The number of hydrogen-bond acceptors (Lipinski definition) is 5. The van der Waals surface area contributed by atoms with Crippen LogP contribution in [0.3, 0.4) is 0 Å². The number of rotatable bonds is 0. The zero-order valence-electron chi connectivity index (χ0n) is 9.64. The summed E-state index contributed by atoms with van der Waals surface area (Å²) in [5.41, 5.74) is 0.500. The SMILES string of the molecule is CC12OCCN1[C@@H]1CCC(=C(C#N)C#N)[C@H]2O1. The van der Waals surface area contributed by atoms with Gasteiger partial charge in [-0.2, -0.15) is 10.5 Å². The standard InChI is InChI=1S/C12H13N3O2/c1-12-11-9(8(6-13)7-14)2-3-10(17-11)15(12)4-5-16-12/h10-11H,2-5H2,1H3/t10-,11+,12?/m0/s1. The van der Waals surface area contributed by atoms with Crippen molar-refractivity contribution in [1.29, 1.82) is 10.5 Å². The van der Waals surface area contributed by atoms with Crippen LogP contribution in [0.1, 0.15) is 19.8 Å². The van der Waals surface area contributed by atoms with Crippen molar-refractivity contribution in [1.82, 2.24) is 4.90 Å². The van der Waals surface area contributed by atoms with Gasteiger partial charge < -0.3 is 9.47 Å². The van der Waals surface area contributed by atoms with Gasteiger partial charge in [-0.05, 0) is 25.3 Å². The van der Waals surface area contributed by atoms with Gasteiger partial charge in [0.2, 0.25) is 0 Å². The van der Waals surface area contributed by atoms with Crippen LogP contribution in [0.5, 0.6) is 0 Å². The minimum absolute atomic E-state index is 0.0786. The fourth-order valence-electron chi connectivity index (χ4n) is 3.13. The summed E-state index contributed by atoms with van der Waals surface area (Å²) in [4.78, 5) is 2.21. The number of fused-ring (bicyclic) bond motifs is 5. The molecule has 3 saturated heterocycles. The molecule has 3 heterocycles. The largest absolute Gasteiger partial charge is 0.356 e. The average molecular weight is 231 g/mol. The molecule has 5 nitrogen and oxygen atoms in total. The third kappa shape index (κ3) is 1.28. The zero-order chi connectivity index (χ0) is 12.0. The van der Waals surface area contributed by atoms with Crippen LogP contribution >= 0.6 is 0 Å². The number of hydrogen-bond donors (Lipinski definition) is 0. The van der Waals surface area contributed by atoms with Crippen molar-refractivity contribution in [2.24, 2.45) is 0 Å². The molecule has 3 fully saturated rings. The second kappa shape index (κ2) is 3.54. The Balaban J connectivity index is 2.06. The van der Waals surface area contributed by atoms with Gasteiger partial charge in [-0.1, -0.05) is 0 Å². The van der Waals surface area contributed by atoms with Crippen LogP contribution in [-0.4, -0.2) is 36.1 Å². The van der Waals surface area contributed by atoms with Crippen molar-refractivity contribution >= 4 is 0 Å². The van der Waals surface area contributed by atoms with Crippen molar-refractivity contribution in [3.8, 4) is 12.1 Å². The van der Waals surface area contributed by atoms with Gasteiger partial charge in [0.05, 0.1) is 6.61 Å². The van der Waals surface area contributed by atoms with Gasteiger partial charge in [-0.25, -0.2) is 4.90 Å². The normalized spacial score (nSPS) is 39.6. The number of ether oxygens (including phenoxy) is 2. The fraction of sp³-hybridized carbons (Fsp3) is 0.667. The smallest absolute Gasteiger partial charge is 0.151 e. The first-order valence-corrected chi connectivity index (χ1v) is 5.80. The molecule has 3 aliphatic heterocycles. The van der Waals surface area contributed by atoms with Gasteiger partial charge in [0, 0.05) is 6.54 Å². The lowest BCUT2D eigenvalue weighted by molar-refractivity contribution is -0.0675. The maximum atomic E-state index is 8.99. The van der Waals surface area contributed by atoms with Crippen LogP contribution in [-0.2, 0) is 9.47 Å². The third-order valence-corrected chi connectivity index (χ3v) is 3.95. The van der Waals surface area contributed by atoms with Gasteiger partial charge in [0.25, 0.3) is 0 Å². The van der Waals surface area contributed by atoms with E-state index in [1.165, 1.54) is 0 Å². The fourth-order valence-corrected chi connectivity index (χ4v) is 3.13. The number of nitrogens with zero attached hydrogens (tertiary/aromatic N) is 3. The molecule has 1 unspecified atom stereocenters. The Labute approximate surface area is 99.8 Å². The molecule has 0 saturated carbocycles. The summed E-state index contributed by atoms with van der Waals surface area (Å²) in [7, 11) is 0. The van der Waals surface area contributed by atoms with E-state index in [9.17, 15) is 0 Å². The van der Waals surface area contributed by atoms with Crippen LogP contribution in [0.2, 0.25) is 0 Å². The van der Waals surface area contributed by atoms with Gasteiger partial charge in [-0.3, -0.25) is 0 Å². The molecule has 0 radical (unpaired) electrons. The van der Waals surface area contributed by atoms with Gasteiger partial charge in [-0.15, -0.1) is 0 Å². The highest BCUT2D eigenvalue weighted by atomic mass is 16.6. The van der Waals surface area contributed by atoms with Crippen molar-refractivity contribution in [3.63, 3.8) is 0 Å². The minimum atomic E-state index is -0.491.